The maximum absolute atomic E-state index is 13.1. The van der Waals surface area contributed by atoms with Crippen molar-refractivity contribution in [2.24, 2.45) is 5.41 Å². The molecule has 0 aliphatic carbocycles. The molecule has 0 bridgehead atoms. The number of hydrogen-bond donors (Lipinski definition) is 1. The second kappa shape index (κ2) is 8.03. The van der Waals surface area contributed by atoms with Gasteiger partial charge in [-0.2, -0.15) is 10.5 Å². The Labute approximate surface area is 180 Å². The normalized spacial score (nSPS) is 18.9. The molecule has 3 aromatic rings. The summed E-state index contributed by atoms with van der Waals surface area (Å²) in [4.78, 5) is 13.1. The third-order valence-electron chi connectivity index (χ3n) is 5.69. The molecule has 0 amide bonds. The Bertz CT molecular complexity index is 1150. The van der Waals surface area contributed by atoms with E-state index in [9.17, 15) is 15.3 Å². The van der Waals surface area contributed by atoms with Crippen LogP contribution in [0.3, 0.4) is 0 Å². The predicted octanol–water partition coefficient (Wildman–Crippen LogP) is 5.90. The molecule has 0 saturated carbocycles. The summed E-state index contributed by atoms with van der Waals surface area (Å²) in [5, 5.41) is 24.3. The van der Waals surface area contributed by atoms with Crippen molar-refractivity contribution in [2.75, 3.05) is 5.32 Å². The summed E-state index contributed by atoms with van der Waals surface area (Å²) in [7, 11) is 0. The smallest absolute Gasteiger partial charge is 0.175 e. The molecule has 3 aromatic carbocycles. The van der Waals surface area contributed by atoms with Gasteiger partial charge in [0.1, 0.15) is 0 Å². The summed E-state index contributed by atoms with van der Waals surface area (Å²) in [5.41, 5.74) is 1.22. The number of rotatable bonds is 4. The SMILES string of the molecule is N#CC1(C#N)[C@H](CC(=O)c2ccccc2)c2c(Cl)cccc2N[C@H]1c1ccccc1. The van der Waals surface area contributed by atoms with E-state index in [2.05, 4.69) is 17.5 Å². The first-order valence-corrected chi connectivity index (χ1v) is 9.99. The Morgan fingerprint density at radius 3 is 2.20 bits per heavy atom. The minimum atomic E-state index is -1.51. The number of ketones is 1. The van der Waals surface area contributed by atoms with Crippen molar-refractivity contribution in [3.05, 3.63) is 101 Å². The van der Waals surface area contributed by atoms with E-state index in [4.69, 9.17) is 11.6 Å². The van der Waals surface area contributed by atoms with Gasteiger partial charge in [-0.05, 0) is 17.7 Å². The average molecular weight is 412 g/mol. The summed E-state index contributed by atoms with van der Waals surface area (Å²) < 4.78 is 0. The van der Waals surface area contributed by atoms with Crippen LogP contribution >= 0.6 is 11.6 Å². The minimum absolute atomic E-state index is 0.00683. The Morgan fingerprint density at radius 1 is 0.933 bits per heavy atom. The van der Waals surface area contributed by atoms with E-state index in [1.807, 2.05) is 48.5 Å². The molecule has 4 nitrogen and oxygen atoms in total. The molecule has 0 fully saturated rings. The number of nitrogens with zero attached hydrogens (tertiary/aromatic N) is 2. The fourth-order valence-corrected chi connectivity index (χ4v) is 4.51. The second-order valence-electron chi connectivity index (χ2n) is 7.33. The second-order valence-corrected chi connectivity index (χ2v) is 7.73. The van der Waals surface area contributed by atoms with E-state index < -0.39 is 17.4 Å². The molecule has 0 spiro atoms. The van der Waals surface area contributed by atoms with Crippen LogP contribution in [-0.2, 0) is 0 Å². The Balaban J connectivity index is 1.89. The molecule has 1 N–H and O–H groups in total. The van der Waals surface area contributed by atoms with Crippen molar-refractivity contribution >= 4 is 23.1 Å². The molecule has 0 radical (unpaired) electrons. The van der Waals surface area contributed by atoms with Crippen LogP contribution in [0.2, 0.25) is 5.02 Å². The fourth-order valence-electron chi connectivity index (χ4n) is 4.21. The highest BCUT2D eigenvalue weighted by molar-refractivity contribution is 6.32. The zero-order valence-corrected chi connectivity index (χ0v) is 16.8. The zero-order chi connectivity index (χ0) is 21.1. The number of fused-ring (bicyclic) bond motifs is 1. The molecule has 0 aromatic heterocycles. The molecular formula is C25H18ClN3O. The largest absolute Gasteiger partial charge is 0.375 e. The van der Waals surface area contributed by atoms with Gasteiger partial charge in [-0.15, -0.1) is 0 Å². The van der Waals surface area contributed by atoms with Crippen molar-refractivity contribution in [1.29, 1.82) is 10.5 Å². The number of benzene rings is 3. The van der Waals surface area contributed by atoms with Gasteiger partial charge in [-0.25, -0.2) is 0 Å². The van der Waals surface area contributed by atoms with Crippen LogP contribution in [0.5, 0.6) is 0 Å². The first-order chi connectivity index (χ1) is 14.6. The Morgan fingerprint density at radius 2 is 1.57 bits per heavy atom. The molecule has 5 heteroatoms. The highest BCUT2D eigenvalue weighted by Gasteiger charge is 2.53. The number of carbonyl (C=O) groups is 1. The summed E-state index contributed by atoms with van der Waals surface area (Å²) in [6.45, 7) is 0. The maximum atomic E-state index is 13.1. The molecule has 1 aliphatic heterocycles. The van der Waals surface area contributed by atoms with Gasteiger partial charge in [0.15, 0.2) is 11.2 Å². The molecule has 30 heavy (non-hydrogen) atoms. The van der Waals surface area contributed by atoms with Crippen LogP contribution in [0.4, 0.5) is 5.69 Å². The van der Waals surface area contributed by atoms with E-state index in [0.29, 0.717) is 16.1 Å². The molecule has 1 aliphatic rings. The van der Waals surface area contributed by atoms with Gasteiger partial charge in [-0.1, -0.05) is 78.3 Å². The van der Waals surface area contributed by atoms with Crippen molar-refractivity contribution in [2.45, 2.75) is 18.4 Å². The maximum Gasteiger partial charge on any atom is 0.175 e. The monoisotopic (exact) mass is 411 g/mol. The fraction of sp³-hybridized carbons (Fsp3) is 0.160. The number of Topliss-reactive ketones (excluding diaryl/α,β-unsaturated/α-hetero) is 1. The van der Waals surface area contributed by atoms with Gasteiger partial charge in [0.05, 0.1) is 18.2 Å². The molecule has 2 atom stereocenters. The number of halogens is 1. The Hall–Kier alpha value is -3.60. The number of anilines is 1. The quantitative estimate of drug-likeness (QED) is 0.542. The lowest BCUT2D eigenvalue weighted by Gasteiger charge is -2.43. The van der Waals surface area contributed by atoms with E-state index in [0.717, 1.165) is 11.3 Å². The predicted molar refractivity (Wildman–Crippen MR) is 116 cm³/mol. The van der Waals surface area contributed by atoms with E-state index in [1.54, 1.807) is 30.3 Å². The standard InChI is InChI=1S/C25H18ClN3O/c26-20-12-7-13-21-23(20)19(14-22(30)17-8-3-1-4-9-17)25(15-27,16-28)24(29-21)18-10-5-2-6-11-18/h1-13,19,24,29H,14H2/t19-,24+/m1/s1. The summed E-state index contributed by atoms with van der Waals surface area (Å²) in [6.07, 6.45) is 0.00683. The highest BCUT2D eigenvalue weighted by Crippen LogP contribution is 2.55. The minimum Gasteiger partial charge on any atom is -0.375 e. The van der Waals surface area contributed by atoms with E-state index >= 15 is 0 Å². The van der Waals surface area contributed by atoms with Crippen molar-refractivity contribution in [3.63, 3.8) is 0 Å². The van der Waals surface area contributed by atoms with Crippen LogP contribution in [0, 0.1) is 28.1 Å². The lowest BCUT2D eigenvalue weighted by atomic mass is 9.63. The average Bonchev–Trinajstić information content (AvgIpc) is 2.80. The van der Waals surface area contributed by atoms with E-state index in [-0.39, 0.29) is 12.2 Å². The number of hydrogen-bond acceptors (Lipinski definition) is 4. The third-order valence-corrected chi connectivity index (χ3v) is 6.02. The van der Waals surface area contributed by atoms with Gasteiger partial charge in [0, 0.05) is 34.2 Å². The van der Waals surface area contributed by atoms with Gasteiger partial charge in [0.2, 0.25) is 0 Å². The van der Waals surface area contributed by atoms with Gasteiger partial charge in [0.25, 0.3) is 0 Å². The van der Waals surface area contributed by atoms with Crippen LogP contribution in [0.1, 0.15) is 39.9 Å². The molecule has 0 saturated heterocycles. The van der Waals surface area contributed by atoms with Gasteiger partial charge < -0.3 is 5.32 Å². The first kappa shape index (κ1) is 19.7. The topological polar surface area (TPSA) is 76.7 Å². The van der Waals surface area contributed by atoms with Gasteiger partial charge in [-0.3, -0.25) is 4.79 Å². The molecule has 4 rings (SSSR count). The van der Waals surface area contributed by atoms with Crippen molar-refractivity contribution in [1.82, 2.24) is 0 Å². The first-order valence-electron chi connectivity index (χ1n) is 9.61. The van der Waals surface area contributed by atoms with Crippen molar-refractivity contribution < 1.29 is 4.79 Å². The molecular weight excluding hydrogens is 394 g/mol. The molecule has 1 heterocycles. The molecule has 146 valence electrons. The lowest BCUT2D eigenvalue weighted by molar-refractivity contribution is 0.0957. The Kier molecular flexibility index (Phi) is 5.27. The number of nitriles is 2. The highest BCUT2D eigenvalue weighted by atomic mass is 35.5. The number of nitrogens with one attached hydrogen (secondary N) is 1. The summed E-state index contributed by atoms with van der Waals surface area (Å²) in [6, 6.07) is 27.6. The van der Waals surface area contributed by atoms with Crippen LogP contribution in [-0.4, -0.2) is 5.78 Å². The van der Waals surface area contributed by atoms with Crippen LogP contribution in [0.25, 0.3) is 0 Å². The van der Waals surface area contributed by atoms with Gasteiger partial charge >= 0.3 is 0 Å². The van der Waals surface area contributed by atoms with Crippen LogP contribution < -0.4 is 5.32 Å². The lowest BCUT2D eigenvalue weighted by Crippen LogP contribution is -2.42. The zero-order valence-electron chi connectivity index (χ0n) is 16.0. The van der Waals surface area contributed by atoms with E-state index in [1.165, 1.54) is 0 Å². The summed E-state index contributed by atoms with van der Waals surface area (Å²) in [5.74, 6) is -0.814. The third kappa shape index (κ3) is 3.22. The van der Waals surface area contributed by atoms with Crippen molar-refractivity contribution in [3.8, 4) is 12.1 Å². The number of carbonyl (C=O) groups excluding carboxylic acids is 1. The summed E-state index contributed by atoms with van der Waals surface area (Å²) >= 11 is 6.53. The molecule has 0 unspecified atom stereocenters. The van der Waals surface area contributed by atoms with Crippen LogP contribution in [0.15, 0.2) is 78.9 Å².